The highest BCUT2D eigenvalue weighted by atomic mass is 32.2. The minimum absolute atomic E-state index is 0.0723. The molecule has 0 saturated heterocycles. The number of nitrogens with zero attached hydrogens (tertiary/aromatic N) is 1. The maximum Gasteiger partial charge on any atom is 0.266 e. The standard InChI is InChI=1S/C14H21NO4S/c1-14(2,3)10-13(16)15(4)20(17,18)12-8-6-11(19-5)7-9-12/h6-9H,10H2,1-5H3. The van der Waals surface area contributed by atoms with Crippen LogP contribution in [0.1, 0.15) is 27.2 Å². The first kappa shape index (κ1) is 16.5. The van der Waals surface area contributed by atoms with Gasteiger partial charge in [-0.25, -0.2) is 12.7 Å². The zero-order valence-corrected chi connectivity index (χ0v) is 13.3. The van der Waals surface area contributed by atoms with Crippen LogP contribution in [0.25, 0.3) is 0 Å². The van der Waals surface area contributed by atoms with Gasteiger partial charge in [-0.05, 0) is 29.7 Å². The van der Waals surface area contributed by atoms with Crippen molar-refractivity contribution in [3.8, 4) is 5.75 Å². The Bertz CT molecular complexity index is 570. The van der Waals surface area contributed by atoms with E-state index < -0.39 is 15.9 Å². The maximum absolute atomic E-state index is 12.3. The summed E-state index contributed by atoms with van der Waals surface area (Å²) in [6, 6.07) is 5.95. The molecule has 1 rings (SSSR count). The van der Waals surface area contributed by atoms with Crippen LogP contribution in [-0.4, -0.2) is 32.8 Å². The molecular weight excluding hydrogens is 278 g/mol. The molecule has 0 fully saturated rings. The lowest BCUT2D eigenvalue weighted by atomic mass is 9.92. The quantitative estimate of drug-likeness (QED) is 0.855. The lowest BCUT2D eigenvalue weighted by Crippen LogP contribution is -2.35. The van der Waals surface area contributed by atoms with Gasteiger partial charge in [-0.1, -0.05) is 20.8 Å². The van der Waals surface area contributed by atoms with E-state index in [0.29, 0.717) is 5.75 Å². The normalized spacial score (nSPS) is 12.1. The van der Waals surface area contributed by atoms with Crippen molar-refractivity contribution in [2.24, 2.45) is 5.41 Å². The largest absolute Gasteiger partial charge is 0.497 e. The molecule has 0 radical (unpaired) electrons. The minimum atomic E-state index is -3.81. The van der Waals surface area contributed by atoms with Crippen molar-refractivity contribution < 1.29 is 17.9 Å². The zero-order chi connectivity index (χ0) is 15.6. The van der Waals surface area contributed by atoms with E-state index in [9.17, 15) is 13.2 Å². The van der Waals surface area contributed by atoms with Crippen LogP contribution in [0.3, 0.4) is 0 Å². The minimum Gasteiger partial charge on any atom is -0.497 e. The van der Waals surface area contributed by atoms with Gasteiger partial charge >= 0.3 is 0 Å². The second kappa shape index (κ2) is 5.83. The van der Waals surface area contributed by atoms with Crippen molar-refractivity contribution in [1.29, 1.82) is 0 Å². The smallest absolute Gasteiger partial charge is 0.266 e. The third-order valence-electron chi connectivity index (χ3n) is 2.75. The van der Waals surface area contributed by atoms with E-state index in [0.717, 1.165) is 4.31 Å². The SMILES string of the molecule is COc1ccc(S(=O)(=O)N(C)C(=O)CC(C)(C)C)cc1. The van der Waals surface area contributed by atoms with Crippen molar-refractivity contribution in [1.82, 2.24) is 4.31 Å². The first-order chi connectivity index (χ1) is 9.08. The third-order valence-corrected chi connectivity index (χ3v) is 4.54. The summed E-state index contributed by atoms with van der Waals surface area (Å²) in [5, 5.41) is 0. The molecule has 0 aliphatic heterocycles. The Balaban J connectivity index is 3.00. The highest BCUT2D eigenvalue weighted by molar-refractivity contribution is 7.89. The number of methoxy groups -OCH3 is 1. The summed E-state index contributed by atoms with van der Waals surface area (Å²) >= 11 is 0. The lowest BCUT2D eigenvalue weighted by molar-refractivity contribution is -0.127. The fourth-order valence-electron chi connectivity index (χ4n) is 1.60. The summed E-state index contributed by atoms with van der Waals surface area (Å²) in [7, 11) is -1.02. The molecule has 1 amide bonds. The number of sulfonamides is 1. The molecule has 0 aromatic heterocycles. The maximum atomic E-state index is 12.3. The Kier molecular flexibility index (Phi) is 4.81. The van der Waals surface area contributed by atoms with Crippen molar-refractivity contribution in [2.75, 3.05) is 14.2 Å². The number of carbonyl (C=O) groups excluding carboxylic acids is 1. The Labute approximate surface area is 120 Å². The van der Waals surface area contributed by atoms with Gasteiger partial charge in [0.25, 0.3) is 10.0 Å². The monoisotopic (exact) mass is 299 g/mol. The fourth-order valence-corrected chi connectivity index (χ4v) is 2.73. The van der Waals surface area contributed by atoms with E-state index >= 15 is 0 Å². The second-order valence-corrected chi connectivity index (χ2v) is 7.75. The molecule has 5 nitrogen and oxygen atoms in total. The number of hydrogen-bond donors (Lipinski definition) is 0. The number of carbonyl (C=O) groups is 1. The third kappa shape index (κ3) is 3.96. The average molecular weight is 299 g/mol. The summed E-state index contributed by atoms with van der Waals surface area (Å²) in [6.07, 6.45) is 0.166. The first-order valence-corrected chi connectivity index (χ1v) is 7.68. The Hall–Kier alpha value is -1.56. The molecule has 112 valence electrons. The van der Waals surface area contributed by atoms with E-state index in [1.807, 2.05) is 20.8 Å². The molecule has 0 unspecified atom stereocenters. The molecule has 6 heteroatoms. The molecule has 0 bridgehead atoms. The van der Waals surface area contributed by atoms with Crippen molar-refractivity contribution in [3.63, 3.8) is 0 Å². The van der Waals surface area contributed by atoms with Gasteiger partial charge in [0.15, 0.2) is 0 Å². The number of amides is 1. The van der Waals surface area contributed by atoms with E-state index in [-0.39, 0.29) is 16.7 Å². The van der Waals surface area contributed by atoms with Gasteiger partial charge in [0.2, 0.25) is 5.91 Å². The number of hydrogen-bond acceptors (Lipinski definition) is 4. The lowest BCUT2D eigenvalue weighted by Gasteiger charge is -2.23. The van der Waals surface area contributed by atoms with Crippen LogP contribution in [0.5, 0.6) is 5.75 Å². The van der Waals surface area contributed by atoms with E-state index in [2.05, 4.69) is 0 Å². The predicted molar refractivity (Wildman–Crippen MR) is 77.0 cm³/mol. The van der Waals surface area contributed by atoms with Crippen molar-refractivity contribution in [3.05, 3.63) is 24.3 Å². The van der Waals surface area contributed by atoms with Gasteiger partial charge in [-0.2, -0.15) is 0 Å². The van der Waals surface area contributed by atoms with Gasteiger partial charge in [-0.3, -0.25) is 4.79 Å². The summed E-state index contributed by atoms with van der Waals surface area (Å²) in [5.41, 5.74) is -0.263. The fraction of sp³-hybridized carbons (Fsp3) is 0.500. The van der Waals surface area contributed by atoms with Crippen LogP contribution in [0.15, 0.2) is 29.2 Å². The zero-order valence-electron chi connectivity index (χ0n) is 12.5. The van der Waals surface area contributed by atoms with E-state index in [1.54, 1.807) is 12.1 Å². The van der Waals surface area contributed by atoms with Gasteiger partial charge in [0.05, 0.1) is 12.0 Å². The number of ether oxygens (including phenoxy) is 1. The summed E-state index contributed by atoms with van der Waals surface area (Å²) in [6.45, 7) is 5.66. The van der Waals surface area contributed by atoms with Crippen LogP contribution < -0.4 is 4.74 Å². The number of benzene rings is 1. The predicted octanol–water partition coefficient (Wildman–Crippen LogP) is 2.28. The topological polar surface area (TPSA) is 63.7 Å². The van der Waals surface area contributed by atoms with E-state index in [4.69, 9.17) is 4.74 Å². The molecule has 0 aliphatic rings. The van der Waals surface area contributed by atoms with Gasteiger partial charge < -0.3 is 4.74 Å². The molecule has 0 N–H and O–H groups in total. The molecule has 0 spiro atoms. The molecule has 1 aromatic carbocycles. The summed E-state index contributed by atoms with van der Waals surface area (Å²) in [5.74, 6) is 0.140. The first-order valence-electron chi connectivity index (χ1n) is 6.24. The highest BCUT2D eigenvalue weighted by Gasteiger charge is 2.28. The van der Waals surface area contributed by atoms with Gasteiger partial charge in [-0.15, -0.1) is 0 Å². The second-order valence-electron chi connectivity index (χ2n) is 5.78. The van der Waals surface area contributed by atoms with Crippen LogP contribution in [0.2, 0.25) is 0 Å². The Morgan fingerprint density at radius 3 is 2.10 bits per heavy atom. The molecule has 0 atom stereocenters. The van der Waals surface area contributed by atoms with Crippen LogP contribution in [0.4, 0.5) is 0 Å². The molecule has 20 heavy (non-hydrogen) atoms. The molecule has 0 heterocycles. The van der Waals surface area contributed by atoms with Crippen LogP contribution >= 0.6 is 0 Å². The van der Waals surface area contributed by atoms with Gasteiger partial charge in [0, 0.05) is 13.5 Å². The Morgan fingerprint density at radius 1 is 1.20 bits per heavy atom. The van der Waals surface area contributed by atoms with Crippen LogP contribution in [0, 0.1) is 5.41 Å². The summed E-state index contributed by atoms with van der Waals surface area (Å²) in [4.78, 5) is 12.1. The van der Waals surface area contributed by atoms with E-state index in [1.165, 1.54) is 26.3 Å². The highest BCUT2D eigenvalue weighted by Crippen LogP contribution is 2.23. The molecule has 0 aliphatic carbocycles. The molecule has 0 saturated carbocycles. The molecular formula is C14H21NO4S. The average Bonchev–Trinajstić information content (AvgIpc) is 2.35. The van der Waals surface area contributed by atoms with Crippen molar-refractivity contribution >= 4 is 15.9 Å². The van der Waals surface area contributed by atoms with Gasteiger partial charge in [0.1, 0.15) is 5.75 Å². The van der Waals surface area contributed by atoms with Crippen molar-refractivity contribution in [2.45, 2.75) is 32.1 Å². The Morgan fingerprint density at radius 2 is 1.70 bits per heavy atom. The van der Waals surface area contributed by atoms with Crippen LogP contribution in [-0.2, 0) is 14.8 Å². The molecule has 1 aromatic rings. The summed E-state index contributed by atoms with van der Waals surface area (Å²) < 4.78 is 30.4. The number of rotatable bonds is 4.